The van der Waals surface area contributed by atoms with Crippen LogP contribution in [0, 0.1) is 0 Å². The topological polar surface area (TPSA) is 26.3 Å². The lowest BCUT2D eigenvalue weighted by Crippen LogP contribution is -1.94. The smallest absolute Gasteiger partial charge is 0.142 e. The second kappa shape index (κ2) is 6.40. The van der Waals surface area contributed by atoms with Gasteiger partial charge in [-0.2, -0.15) is 0 Å². The number of allylic oxidation sites excluding steroid dienone is 1. The van der Waals surface area contributed by atoms with E-state index >= 15 is 0 Å². The van der Waals surface area contributed by atoms with Crippen LogP contribution in [0.3, 0.4) is 0 Å². The van der Waals surface area contributed by atoms with E-state index in [1.54, 1.807) is 6.08 Å². The standard InChI is InChI=1S/C16H14O2/c17-12-4-7-14-8-10-16(11-9-14)18-13-15-5-2-1-3-6-15/h1-12H,13H2. The lowest BCUT2D eigenvalue weighted by Gasteiger charge is -2.06. The van der Waals surface area contributed by atoms with Crippen molar-refractivity contribution in [2.75, 3.05) is 0 Å². The van der Waals surface area contributed by atoms with E-state index in [1.165, 1.54) is 6.08 Å². The van der Waals surface area contributed by atoms with Crippen LogP contribution in [-0.4, -0.2) is 6.29 Å². The summed E-state index contributed by atoms with van der Waals surface area (Å²) in [5, 5.41) is 0. The van der Waals surface area contributed by atoms with E-state index in [1.807, 2.05) is 54.6 Å². The molecule has 2 aromatic carbocycles. The molecule has 2 aromatic rings. The largest absolute Gasteiger partial charge is 0.489 e. The van der Waals surface area contributed by atoms with Gasteiger partial charge in [-0.3, -0.25) is 4.79 Å². The Morgan fingerprint density at radius 2 is 1.67 bits per heavy atom. The molecule has 2 rings (SSSR count). The first kappa shape index (κ1) is 12.1. The van der Waals surface area contributed by atoms with Gasteiger partial charge in [0.1, 0.15) is 18.6 Å². The minimum Gasteiger partial charge on any atom is -0.489 e. The molecule has 90 valence electrons. The number of carbonyl (C=O) groups is 1. The molecular weight excluding hydrogens is 224 g/mol. The SMILES string of the molecule is O=CC=Cc1ccc(OCc2ccccc2)cc1. The Kier molecular flexibility index (Phi) is 4.31. The quantitative estimate of drug-likeness (QED) is 0.589. The monoisotopic (exact) mass is 238 g/mol. The van der Waals surface area contributed by atoms with E-state index in [2.05, 4.69) is 0 Å². The van der Waals surface area contributed by atoms with Crippen LogP contribution in [0.4, 0.5) is 0 Å². The molecule has 0 spiro atoms. The summed E-state index contributed by atoms with van der Waals surface area (Å²) in [6, 6.07) is 17.7. The van der Waals surface area contributed by atoms with Crippen molar-refractivity contribution < 1.29 is 9.53 Å². The highest BCUT2D eigenvalue weighted by molar-refractivity contribution is 5.73. The third-order valence-electron chi connectivity index (χ3n) is 2.50. The highest BCUT2D eigenvalue weighted by Crippen LogP contribution is 2.14. The van der Waals surface area contributed by atoms with Crippen molar-refractivity contribution in [2.45, 2.75) is 6.61 Å². The van der Waals surface area contributed by atoms with E-state index < -0.39 is 0 Å². The number of carbonyl (C=O) groups excluding carboxylic acids is 1. The molecule has 2 nitrogen and oxygen atoms in total. The Morgan fingerprint density at radius 1 is 0.944 bits per heavy atom. The Morgan fingerprint density at radius 3 is 2.33 bits per heavy atom. The van der Waals surface area contributed by atoms with Crippen molar-refractivity contribution in [2.24, 2.45) is 0 Å². The summed E-state index contributed by atoms with van der Waals surface area (Å²) in [4.78, 5) is 10.2. The van der Waals surface area contributed by atoms with E-state index in [-0.39, 0.29) is 0 Å². The van der Waals surface area contributed by atoms with Gasteiger partial charge in [-0.1, -0.05) is 48.5 Å². The normalized spacial score (nSPS) is 10.4. The van der Waals surface area contributed by atoms with Crippen molar-refractivity contribution in [3.8, 4) is 5.75 Å². The minimum absolute atomic E-state index is 0.560. The van der Waals surface area contributed by atoms with Gasteiger partial charge in [-0.05, 0) is 29.3 Å². The van der Waals surface area contributed by atoms with Crippen molar-refractivity contribution in [1.82, 2.24) is 0 Å². The van der Waals surface area contributed by atoms with E-state index in [0.717, 1.165) is 23.2 Å². The highest BCUT2D eigenvalue weighted by atomic mass is 16.5. The van der Waals surface area contributed by atoms with Gasteiger partial charge in [0.15, 0.2) is 0 Å². The van der Waals surface area contributed by atoms with Crippen LogP contribution in [0.25, 0.3) is 6.08 Å². The molecule has 0 aliphatic carbocycles. The average Bonchev–Trinajstić information content (AvgIpc) is 2.45. The molecule has 0 bridgehead atoms. The van der Waals surface area contributed by atoms with Crippen molar-refractivity contribution in [1.29, 1.82) is 0 Å². The van der Waals surface area contributed by atoms with Gasteiger partial charge >= 0.3 is 0 Å². The molecular formula is C16H14O2. The maximum Gasteiger partial charge on any atom is 0.142 e. The van der Waals surface area contributed by atoms with Gasteiger partial charge in [0, 0.05) is 0 Å². The fourth-order valence-electron chi connectivity index (χ4n) is 1.57. The summed E-state index contributed by atoms with van der Waals surface area (Å²) < 4.78 is 5.66. The van der Waals surface area contributed by atoms with Crippen molar-refractivity contribution in [3.63, 3.8) is 0 Å². The number of benzene rings is 2. The van der Waals surface area contributed by atoms with Gasteiger partial charge in [0.25, 0.3) is 0 Å². The second-order valence-electron chi connectivity index (χ2n) is 3.84. The van der Waals surface area contributed by atoms with Crippen LogP contribution < -0.4 is 4.74 Å². The Labute approximate surface area is 107 Å². The fraction of sp³-hybridized carbons (Fsp3) is 0.0625. The zero-order valence-electron chi connectivity index (χ0n) is 9.95. The summed E-state index contributed by atoms with van der Waals surface area (Å²) >= 11 is 0. The predicted molar refractivity (Wildman–Crippen MR) is 72.3 cm³/mol. The van der Waals surface area contributed by atoms with Crippen LogP contribution in [-0.2, 0) is 11.4 Å². The summed E-state index contributed by atoms with van der Waals surface area (Å²) in [7, 11) is 0. The Hall–Kier alpha value is -2.35. The average molecular weight is 238 g/mol. The molecule has 18 heavy (non-hydrogen) atoms. The summed E-state index contributed by atoms with van der Waals surface area (Å²) in [5.74, 6) is 0.821. The minimum atomic E-state index is 0.560. The molecule has 0 radical (unpaired) electrons. The zero-order chi connectivity index (χ0) is 12.6. The molecule has 0 N–H and O–H groups in total. The first-order valence-electron chi connectivity index (χ1n) is 5.77. The maximum absolute atomic E-state index is 10.2. The third-order valence-corrected chi connectivity index (χ3v) is 2.50. The lowest BCUT2D eigenvalue weighted by molar-refractivity contribution is -0.104. The molecule has 0 saturated carbocycles. The second-order valence-corrected chi connectivity index (χ2v) is 3.84. The van der Waals surface area contributed by atoms with E-state index in [4.69, 9.17) is 4.74 Å². The molecule has 0 heterocycles. The lowest BCUT2D eigenvalue weighted by atomic mass is 10.2. The first-order chi connectivity index (χ1) is 8.88. The maximum atomic E-state index is 10.2. The number of aldehydes is 1. The van der Waals surface area contributed by atoms with E-state index in [9.17, 15) is 4.79 Å². The third kappa shape index (κ3) is 3.59. The first-order valence-corrected chi connectivity index (χ1v) is 5.77. The highest BCUT2D eigenvalue weighted by Gasteiger charge is 1.95. The summed E-state index contributed by atoms with van der Waals surface area (Å²) in [5.41, 5.74) is 2.12. The van der Waals surface area contributed by atoms with Gasteiger partial charge in [0.2, 0.25) is 0 Å². The van der Waals surface area contributed by atoms with Crippen molar-refractivity contribution in [3.05, 3.63) is 71.8 Å². The number of ether oxygens (including phenoxy) is 1. The number of hydrogen-bond acceptors (Lipinski definition) is 2. The Bertz CT molecular complexity index is 513. The van der Waals surface area contributed by atoms with Crippen LogP contribution >= 0.6 is 0 Å². The molecule has 0 amide bonds. The van der Waals surface area contributed by atoms with Crippen LogP contribution in [0.2, 0.25) is 0 Å². The molecule has 0 atom stereocenters. The number of hydrogen-bond donors (Lipinski definition) is 0. The van der Waals surface area contributed by atoms with Crippen molar-refractivity contribution >= 4 is 12.4 Å². The van der Waals surface area contributed by atoms with Crippen LogP contribution in [0.5, 0.6) is 5.75 Å². The molecule has 0 unspecified atom stereocenters. The Balaban J connectivity index is 1.94. The van der Waals surface area contributed by atoms with Crippen LogP contribution in [0.1, 0.15) is 11.1 Å². The predicted octanol–water partition coefficient (Wildman–Crippen LogP) is 3.48. The van der Waals surface area contributed by atoms with Crippen LogP contribution in [0.15, 0.2) is 60.7 Å². The number of rotatable bonds is 5. The van der Waals surface area contributed by atoms with E-state index in [0.29, 0.717) is 6.61 Å². The summed E-state index contributed by atoms with van der Waals surface area (Å²) in [6.45, 7) is 0.560. The molecule has 0 fully saturated rings. The van der Waals surface area contributed by atoms with Gasteiger partial charge < -0.3 is 4.74 Å². The fourth-order valence-corrected chi connectivity index (χ4v) is 1.57. The summed E-state index contributed by atoms with van der Waals surface area (Å²) in [6.07, 6.45) is 3.99. The molecule has 0 saturated heterocycles. The zero-order valence-corrected chi connectivity index (χ0v) is 9.95. The molecule has 2 heteroatoms. The van der Waals surface area contributed by atoms with Gasteiger partial charge in [0.05, 0.1) is 0 Å². The van der Waals surface area contributed by atoms with Gasteiger partial charge in [-0.25, -0.2) is 0 Å². The van der Waals surface area contributed by atoms with Gasteiger partial charge in [-0.15, -0.1) is 0 Å². The molecule has 0 aliphatic rings. The molecule has 0 aromatic heterocycles. The molecule has 0 aliphatic heterocycles.